The number of nitrogens with one attached hydrogen (secondary N) is 2. The second-order valence-corrected chi connectivity index (χ2v) is 11.3. The van der Waals surface area contributed by atoms with E-state index in [1.807, 2.05) is 6.92 Å². The van der Waals surface area contributed by atoms with Gasteiger partial charge in [-0.15, -0.1) is 0 Å². The van der Waals surface area contributed by atoms with Crippen LogP contribution in [0.15, 0.2) is 107 Å². The van der Waals surface area contributed by atoms with Crippen molar-refractivity contribution < 1.29 is 30.0 Å². The topological polar surface area (TPSA) is 128 Å². The molecule has 2 amide bonds. The first-order valence-corrected chi connectivity index (χ1v) is 14.1. The average Bonchev–Trinajstić information content (AvgIpc) is 2.84. The van der Waals surface area contributed by atoms with Crippen LogP contribution in [0.5, 0.6) is 11.5 Å². The summed E-state index contributed by atoms with van der Waals surface area (Å²) in [5, 5.41) is 5.16. The lowest BCUT2D eigenvalue weighted by molar-refractivity contribution is 0.262. The first-order chi connectivity index (χ1) is 18.0. The predicted molar refractivity (Wildman–Crippen MR) is 144 cm³/mol. The molecule has 0 bridgehead atoms. The zero-order valence-electron chi connectivity index (χ0n) is 20.4. The lowest BCUT2D eigenvalue weighted by Crippen LogP contribution is -2.19. The fraction of sp³-hybridized carbons (Fsp3) is 0.0741. The lowest BCUT2D eigenvalue weighted by Gasteiger charge is -2.12. The lowest BCUT2D eigenvalue weighted by atomic mass is 10.2. The van der Waals surface area contributed by atoms with Crippen LogP contribution in [0.1, 0.15) is 11.1 Å². The maximum absolute atomic E-state index is 12.7. The van der Waals surface area contributed by atoms with Crippen LogP contribution >= 0.6 is 0 Å². The Kier molecular flexibility index (Phi) is 7.70. The van der Waals surface area contributed by atoms with E-state index in [1.54, 1.807) is 49.4 Å². The number of urea groups is 1. The third kappa shape index (κ3) is 6.69. The SMILES string of the molecule is Cc1ccc(S(=O)(=O)Oc2cccc(NC(=O)Nc3cccc(OS(=O)(=O)c4ccccc4C)c3)c2)cc1. The second-order valence-electron chi connectivity index (χ2n) is 8.29. The van der Waals surface area contributed by atoms with Crippen molar-refractivity contribution in [1.29, 1.82) is 0 Å². The van der Waals surface area contributed by atoms with Gasteiger partial charge < -0.3 is 19.0 Å². The predicted octanol–water partition coefficient (Wildman–Crippen LogP) is 5.48. The van der Waals surface area contributed by atoms with Crippen molar-refractivity contribution in [2.24, 2.45) is 0 Å². The fourth-order valence-electron chi connectivity index (χ4n) is 3.43. The highest BCUT2D eigenvalue weighted by Crippen LogP contribution is 2.25. The summed E-state index contributed by atoms with van der Waals surface area (Å²) in [6, 6.07) is 23.8. The van der Waals surface area contributed by atoms with Gasteiger partial charge in [0.25, 0.3) is 0 Å². The molecule has 0 radical (unpaired) electrons. The molecule has 0 fully saturated rings. The molecule has 0 saturated heterocycles. The van der Waals surface area contributed by atoms with Gasteiger partial charge in [0.1, 0.15) is 21.3 Å². The molecule has 0 saturated carbocycles. The van der Waals surface area contributed by atoms with Crippen LogP contribution in [0.4, 0.5) is 16.2 Å². The van der Waals surface area contributed by atoms with Gasteiger partial charge in [-0.1, -0.05) is 48.0 Å². The summed E-state index contributed by atoms with van der Waals surface area (Å²) in [7, 11) is -8.13. The van der Waals surface area contributed by atoms with Crippen LogP contribution in [0.25, 0.3) is 0 Å². The van der Waals surface area contributed by atoms with Gasteiger partial charge >= 0.3 is 26.3 Å². The first kappa shape index (κ1) is 26.7. The highest BCUT2D eigenvalue weighted by atomic mass is 32.2. The van der Waals surface area contributed by atoms with E-state index in [2.05, 4.69) is 10.6 Å². The largest absolute Gasteiger partial charge is 0.379 e. The summed E-state index contributed by atoms with van der Waals surface area (Å²) in [4.78, 5) is 12.6. The molecule has 0 aromatic heterocycles. The van der Waals surface area contributed by atoms with E-state index in [4.69, 9.17) is 8.37 Å². The summed E-state index contributed by atoms with van der Waals surface area (Å²) in [6.07, 6.45) is 0. The molecule has 0 aliphatic rings. The number of hydrogen-bond acceptors (Lipinski definition) is 7. The molecule has 0 atom stereocenters. The second kappa shape index (κ2) is 11.0. The number of rotatable bonds is 8. The van der Waals surface area contributed by atoms with Gasteiger partial charge in [-0.3, -0.25) is 0 Å². The van der Waals surface area contributed by atoms with Crippen molar-refractivity contribution in [1.82, 2.24) is 0 Å². The maximum Gasteiger partial charge on any atom is 0.339 e. The Bertz CT molecular complexity index is 1680. The minimum absolute atomic E-state index is 0.00532. The van der Waals surface area contributed by atoms with Crippen LogP contribution < -0.4 is 19.0 Å². The van der Waals surface area contributed by atoms with Crippen molar-refractivity contribution in [2.75, 3.05) is 10.6 Å². The number of anilines is 2. The number of carbonyl (C=O) groups excluding carboxylic acids is 1. The maximum atomic E-state index is 12.7. The van der Waals surface area contributed by atoms with Crippen molar-refractivity contribution in [3.05, 3.63) is 108 Å². The molecule has 9 nitrogen and oxygen atoms in total. The number of carbonyl (C=O) groups is 1. The van der Waals surface area contributed by atoms with Gasteiger partial charge in [0.2, 0.25) is 0 Å². The van der Waals surface area contributed by atoms with Crippen molar-refractivity contribution in [3.63, 3.8) is 0 Å². The van der Waals surface area contributed by atoms with Gasteiger partial charge in [0.15, 0.2) is 0 Å². The van der Waals surface area contributed by atoms with Crippen molar-refractivity contribution in [3.8, 4) is 11.5 Å². The minimum Gasteiger partial charge on any atom is -0.379 e. The molecule has 196 valence electrons. The highest BCUT2D eigenvalue weighted by Gasteiger charge is 2.19. The van der Waals surface area contributed by atoms with E-state index in [0.29, 0.717) is 5.56 Å². The Morgan fingerprint density at radius 1 is 0.632 bits per heavy atom. The summed E-state index contributed by atoms with van der Waals surface area (Å²) >= 11 is 0. The Labute approximate surface area is 221 Å². The van der Waals surface area contributed by atoms with Gasteiger partial charge in [0.05, 0.1) is 0 Å². The van der Waals surface area contributed by atoms with E-state index in [-0.39, 0.29) is 32.7 Å². The van der Waals surface area contributed by atoms with E-state index in [1.165, 1.54) is 54.6 Å². The Balaban J connectivity index is 1.42. The van der Waals surface area contributed by atoms with E-state index in [0.717, 1.165) is 5.56 Å². The summed E-state index contributed by atoms with van der Waals surface area (Å²) in [6.45, 7) is 3.50. The molecule has 11 heteroatoms. The quantitative estimate of drug-likeness (QED) is 0.277. The molecule has 0 aliphatic carbocycles. The monoisotopic (exact) mass is 552 g/mol. The molecule has 0 unspecified atom stereocenters. The Morgan fingerprint density at radius 3 is 1.71 bits per heavy atom. The number of hydrogen-bond donors (Lipinski definition) is 2. The molecule has 4 aromatic carbocycles. The van der Waals surface area contributed by atoms with Crippen LogP contribution in [0.3, 0.4) is 0 Å². The Morgan fingerprint density at radius 2 is 1.16 bits per heavy atom. The molecule has 4 aromatic rings. The molecule has 38 heavy (non-hydrogen) atoms. The Hall–Kier alpha value is -4.35. The average molecular weight is 553 g/mol. The van der Waals surface area contributed by atoms with E-state index >= 15 is 0 Å². The summed E-state index contributed by atoms with van der Waals surface area (Å²) in [5.41, 5.74) is 1.99. The fourth-order valence-corrected chi connectivity index (χ4v) is 5.51. The molecule has 0 aliphatic heterocycles. The minimum atomic E-state index is -4.07. The van der Waals surface area contributed by atoms with Crippen LogP contribution in [-0.4, -0.2) is 22.9 Å². The molecular formula is C27H24N2O7S2. The highest BCUT2D eigenvalue weighted by molar-refractivity contribution is 7.87. The summed E-state index contributed by atoms with van der Waals surface area (Å²) < 4.78 is 60.9. The van der Waals surface area contributed by atoms with Gasteiger partial charge in [-0.05, 0) is 61.9 Å². The molecule has 0 heterocycles. The van der Waals surface area contributed by atoms with Crippen LogP contribution in [-0.2, 0) is 20.2 Å². The standard InChI is InChI=1S/C27H24N2O7S2/c1-19-13-15-25(16-14-19)37(31,32)35-23-10-5-8-21(17-23)28-27(30)29-22-9-6-11-24(18-22)36-38(33,34)26-12-4-3-7-20(26)2/h3-18H,1-2H3,(H2,28,29,30). The third-order valence-electron chi connectivity index (χ3n) is 5.27. The molecular weight excluding hydrogens is 528 g/mol. The third-order valence-corrected chi connectivity index (χ3v) is 7.94. The van der Waals surface area contributed by atoms with Crippen LogP contribution in [0, 0.1) is 13.8 Å². The normalized spacial score (nSPS) is 11.4. The first-order valence-electron chi connectivity index (χ1n) is 11.3. The smallest absolute Gasteiger partial charge is 0.339 e. The van der Waals surface area contributed by atoms with Crippen molar-refractivity contribution >= 4 is 37.6 Å². The van der Waals surface area contributed by atoms with Gasteiger partial charge in [-0.25, -0.2) is 4.79 Å². The van der Waals surface area contributed by atoms with Crippen LogP contribution in [0.2, 0.25) is 0 Å². The zero-order valence-corrected chi connectivity index (χ0v) is 22.0. The molecule has 2 N–H and O–H groups in total. The molecule has 4 rings (SSSR count). The zero-order chi connectivity index (χ0) is 27.3. The van der Waals surface area contributed by atoms with Gasteiger partial charge in [-0.2, -0.15) is 16.8 Å². The summed E-state index contributed by atoms with van der Waals surface area (Å²) in [5.74, 6) is 0.0305. The van der Waals surface area contributed by atoms with E-state index in [9.17, 15) is 21.6 Å². The van der Waals surface area contributed by atoms with Crippen molar-refractivity contribution in [2.45, 2.75) is 23.6 Å². The number of aryl methyl sites for hydroxylation is 2. The number of benzene rings is 4. The number of amides is 2. The van der Waals surface area contributed by atoms with E-state index < -0.39 is 26.3 Å². The van der Waals surface area contributed by atoms with Gasteiger partial charge in [0, 0.05) is 23.5 Å². The molecule has 0 spiro atoms.